The Hall–Kier alpha value is -2.53. The van der Waals surface area contributed by atoms with Crippen LogP contribution < -0.4 is 9.47 Å². The number of methoxy groups -OCH3 is 2. The molecule has 0 atom stereocenters. The van der Waals surface area contributed by atoms with Crippen molar-refractivity contribution in [1.82, 2.24) is 0 Å². The van der Waals surface area contributed by atoms with Gasteiger partial charge in [-0.15, -0.1) is 0 Å². The summed E-state index contributed by atoms with van der Waals surface area (Å²) in [5.41, 5.74) is 2.56. The number of carboxylic acid groups (broad SMARTS) is 1. The summed E-state index contributed by atoms with van der Waals surface area (Å²) in [4.78, 5) is 11.1. The number of carboxylic acids is 1. The third kappa shape index (κ3) is 3.51. The number of carbonyl (C=O) groups is 1. The SMILES string of the molecule is CCc1cccc2c(/C(C)=C/C(=O)O)cc(OC)c(OCOC)c12. The van der Waals surface area contributed by atoms with Crippen molar-refractivity contribution in [3.63, 3.8) is 0 Å². The minimum Gasteiger partial charge on any atom is -0.493 e. The standard InChI is InChI=1S/C19H22O5/c1-5-13-7-6-8-14-15(12(2)9-17(20)21)10-16(23-4)19(18(13)14)24-11-22-3/h6-10H,5,11H2,1-4H3,(H,20,21)/b12-9+. The summed E-state index contributed by atoms with van der Waals surface area (Å²) in [6.45, 7) is 3.94. The van der Waals surface area contributed by atoms with Crippen molar-refractivity contribution < 1.29 is 24.1 Å². The maximum atomic E-state index is 11.1. The molecule has 0 bridgehead atoms. The fourth-order valence-electron chi connectivity index (χ4n) is 2.79. The lowest BCUT2D eigenvalue weighted by molar-refractivity contribution is -0.131. The Labute approximate surface area is 141 Å². The predicted octanol–water partition coefficient (Wildman–Crippen LogP) is 3.88. The number of benzene rings is 2. The average molecular weight is 330 g/mol. The van der Waals surface area contributed by atoms with Crippen LogP contribution in [0.5, 0.6) is 11.5 Å². The molecule has 0 aliphatic rings. The predicted molar refractivity (Wildman–Crippen MR) is 93.7 cm³/mol. The summed E-state index contributed by atoms with van der Waals surface area (Å²) < 4.78 is 16.3. The fourth-order valence-corrected chi connectivity index (χ4v) is 2.79. The Bertz CT molecular complexity index is 777. The van der Waals surface area contributed by atoms with E-state index < -0.39 is 5.97 Å². The van der Waals surface area contributed by atoms with Gasteiger partial charge in [-0.1, -0.05) is 25.1 Å². The van der Waals surface area contributed by atoms with E-state index in [9.17, 15) is 4.79 Å². The number of hydrogen-bond donors (Lipinski definition) is 1. The summed E-state index contributed by atoms with van der Waals surface area (Å²) in [6, 6.07) is 7.76. The van der Waals surface area contributed by atoms with Gasteiger partial charge < -0.3 is 19.3 Å². The van der Waals surface area contributed by atoms with Gasteiger partial charge in [-0.2, -0.15) is 0 Å². The highest BCUT2D eigenvalue weighted by molar-refractivity contribution is 6.03. The number of aliphatic carboxylic acids is 1. The first-order valence-electron chi connectivity index (χ1n) is 7.69. The van der Waals surface area contributed by atoms with Crippen molar-refractivity contribution in [3.05, 3.63) is 41.5 Å². The molecular formula is C19H22O5. The zero-order chi connectivity index (χ0) is 17.7. The van der Waals surface area contributed by atoms with Crippen LogP contribution >= 0.6 is 0 Å². The van der Waals surface area contributed by atoms with Gasteiger partial charge in [-0.05, 0) is 41.5 Å². The van der Waals surface area contributed by atoms with Crippen LogP contribution in [-0.4, -0.2) is 32.1 Å². The summed E-state index contributed by atoms with van der Waals surface area (Å²) in [5, 5.41) is 10.9. The van der Waals surface area contributed by atoms with Gasteiger partial charge in [-0.25, -0.2) is 4.79 Å². The van der Waals surface area contributed by atoms with Crippen LogP contribution in [-0.2, 0) is 16.0 Å². The van der Waals surface area contributed by atoms with E-state index in [1.165, 1.54) is 6.08 Å². The Balaban J connectivity index is 2.85. The number of rotatable bonds is 7. The second-order valence-electron chi connectivity index (χ2n) is 5.37. The van der Waals surface area contributed by atoms with E-state index in [1.54, 1.807) is 21.1 Å². The highest BCUT2D eigenvalue weighted by Crippen LogP contribution is 2.42. The Morgan fingerprint density at radius 2 is 2.04 bits per heavy atom. The van der Waals surface area contributed by atoms with Gasteiger partial charge in [0, 0.05) is 18.6 Å². The summed E-state index contributed by atoms with van der Waals surface area (Å²) in [5.74, 6) is 0.179. The Morgan fingerprint density at radius 1 is 1.29 bits per heavy atom. The third-order valence-corrected chi connectivity index (χ3v) is 3.85. The highest BCUT2D eigenvalue weighted by Gasteiger charge is 2.18. The van der Waals surface area contributed by atoms with E-state index in [4.69, 9.17) is 19.3 Å². The first-order valence-corrected chi connectivity index (χ1v) is 7.69. The molecule has 0 spiro atoms. The van der Waals surface area contributed by atoms with Gasteiger partial charge in [0.25, 0.3) is 0 Å². The third-order valence-electron chi connectivity index (χ3n) is 3.85. The van der Waals surface area contributed by atoms with Crippen molar-refractivity contribution in [2.75, 3.05) is 21.0 Å². The summed E-state index contributed by atoms with van der Waals surface area (Å²) in [7, 11) is 3.12. The largest absolute Gasteiger partial charge is 0.493 e. The number of allylic oxidation sites excluding steroid dienone is 1. The molecule has 128 valence electrons. The molecule has 1 N–H and O–H groups in total. The molecular weight excluding hydrogens is 308 g/mol. The minimum atomic E-state index is -0.981. The van der Waals surface area contributed by atoms with Gasteiger partial charge in [-0.3, -0.25) is 0 Å². The van der Waals surface area contributed by atoms with Crippen LogP contribution in [0.15, 0.2) is 30.3 Å². The molecule has 0 unspecified atom stereocenters. The van der Waals surface area contributed by atoms with Crippen LogP contribution in [0.1, 0.15) is 25.0 Å². The Kier molecular flexibility index (Phi) is 5.82. The molecule has 2 rings (SSSR count). The van der Waals surface area contributed by atoms with Gasteiger partial charge in [0.15, 0.2) is 18.3 Å². The molecule has 0 saturated carbocycles. The van der Waals surface area contributed by atoms with Crippen LogP contribution in [0, 0.1) is 0 Å². The molecule has 2 aromatic carbocycles. The monoisotopic (exact) mass is 330 g/mol. The molecule has 0 aliphatic heterocycles. The van der Waals surface area contributed by atoms with E-state index in [2.05, 4.69) is 6.92 Å². The summed E-state index contributed by atoms with van der Waals surface area (Å²) in [6.07, 6.45) is 2.01. The molecule has 0 radical (unpaired) electrons. The summed E-state index contributed by atoms with van der Waals surface area (Å²) >= 11 is 0. The molecule has 5 heteroatoms. The Morgan fingerprint density at radius 3 is 2.62 bits per heavy atom. The zero-order valence-corrected chi connectivity index (χ0v) is 14.4. The van der Waals surface area contributed by atoms with Crippen LogP contribution in [0.2, 0.25) is 0 Å². The van der Waals surface area contributed by atoms with Crippen LogP contribution in [0.25, 0.3) is 16.3 Å². The van der Waals surface area contributed by atoms with Crippen LogP contribution in [0.3, 0.4) is 0 Å². The second kappa shape index (κ2) is 7.84. The maximum absolute atomic E-state index is 11.1. The molecule has 0 aromatic heterocycles. The van der Waals surface area contributed by atoms with Gasteiger partial charge in [0.1, 0.15) is 0 Å². The van der Waals surface area contributed by atoms with Crippen molar-refractivity contribution in [2.24, 2.45) is 0 Å². The smallest absolute Gasteiger partial charge is 0.328 e. The molecule has 5 nitrogen and oxygen atoms in total. The van der Waals surface area contributed by atoms with E-state index in [-0.39, 0.29) is 6.79 Å². The first kappa shape index (κ1) is 17.8. The molecule has 2 aromatic rings. The van der Waals surface area contributed by atoms with Crippen molar-refractivity contribution in [1.29, 1.82) is 0 Å². The lowest BCUT2D eigenvalue weighted by Crippen LogP contribution is -2.04. The highest BCUT2D eigenvalue weighted by atomic mass is 16.7. The van der Waals surface area contributed by atoms with E-state index in [0.29, 0.717) is 17.1 Å². The number of ether oxygens (including phenoxy) is 3. The van der Waals surface area contributed by atoms with Crippen LogP contribution in [0.4, 0.5) is 0 Å². The normalized spacial score (nSPS) is 11.6. The molecule has 0 fully saturated rings. The lowest BCUT2D eigenvalue weighted by Gasteiger charge is -2.18. The molecule has 0 aliphatic carbocycles. The quantitative estimate of drug-likeness (QED) is 0.616. The average Bonchev–Trinajstić information content (AvgIpc) is 2.57. The molecule has 0 amide bonds. The number of hydrogen-bond acceptors (Lipinski definition) is 4. The molecule has 0 heterocycles. The zero-order valence-electron chi connectivity index (χ0n) is 14.4. The number of fused-ring (bicyclic) bond motifs is 1. The van der Waals surface area contributed by atoms with Crippen molar-refractivity contribution in [2.45, 2.75) is 20.3 Å². The topological polar surface area (TPSA) is 65.0 Å². The number of aryl methyl sites for hydroxylation is 1. The van der Waals surface area contributed by atoms with E-state index in [0.717, 1.165) is 28.3 Å². The van der Waals surface area contributed by atoms with Gasteiger partial charge in [0.2, 0.25) is 0 Å². The molecule has 24 heavy (non-hydrogen) atoms. The van der Waals surface area contributed by atoms with Gasteiger partial charge in [0.05, 0.1) is 7.11 Å². The minimum absolute atomic E-state index is 0.104. The first-order chi connectivity index (χ1) is 11.5. The fraction of sp³-hybridized carbons (Fsp3) is 0.316. The van der Waals surface area contributed by atoms with Gasteiger partial charge >= 0.3 is 5.97 Å². The maximum Gasteiger partial charge on any atom is 0.328 e. The van der Waals surface area contributed by atoms with E-state index in [1.807, 2.05) is 24.3 Å². The molecule has 0 saturated heterocycles. The van der Waals surface area contributed by atoms with Crippen molar-refractivity contribution in [3.8, 4) is 11.5 Å². The van der Waals surface area contributed by atoms with Crippen molar-refractivity contribution >= 4 is 22.3 Å². The van der Waals surface area contributed by atoms with E-state index >= 15 is 0 Å². The lowest BCUT2D eigenvalue weighted by atomic mass is 9.93. The second-order valence-corrected chi connectivity index (χ2v) is 5.37.